The van der Waals surface area contributed by atoms with Crippen LogP contribution in [-0.2, 0) is 0 Å². The molecule has 0 fully saturated rings. The molecular weight excluding hydrogens is 188 g/mol. The molecule has 1 unspecified atom stereocenters. The first kappa shape index (κ1) is 11.9. The van der Waals surface area contributed by atoms with Gasteiger partial charge in [-0.15, -0.1) is 0 Å². The summed E-state index contributed by atoms with van der Waals surface area (Å²) in [6.45, 7) is 5.58. The minimum Gasteiger partial charge on any atom is -0.309 e. The van der Waals surface area contributed by atoms with Crippen molar-refractivity contribution >= 4 is 5.78 Å². The van der Waals surface area contributed by atoms with E-state index in [0.717, 1.165) is 13.1 Å². The van der Waals surface area contributed by atoms with Gasteiger partial charge in [0.2, 0.25) is 0 Å². The van der Waals surface area contributed by atoms with Crippen molar-refractivity contribution in [1.82, 2.24) is 4.90 Å². The highest BCUT2D eigenvalue weighted by atomic mass is 16.1. The summed E-state index contributed by atoms with van der Waals surface area (Å²) in [5.74, 6) is -0.0145. The fraction of sp³-hybridized carbons (Fsp3) is 0.417. The van der Waals surface area contributed by atoms with Gasteiger partial charge in [0.15, 0.2) is 5.78 Å². The summed E-state index contributed by atoms with van der Waals surface area (Å²) in [6, 6.07) is 9.18. The Hall–Kier alpha value is -1.19. The monoisotopic (exact) mass is 206 g/mol. The van der Waals surface area contributed by atoms with Crippen LogP contribution in [0.15, 0.2) is 30.3 Å². The Morgan fingerprint density at radius 1 is 1.27 bits per heavy atom. The largest absolute Gasteiger partial charge is 0.309 e. The van der Waals surface area contributed by atoms with E-state index in [-0.39, 0.29) is 5.78 Å². The minimum atomic E-state index is -0.526. The average molecular weight is 206 g/mol. The number of carbonyl (C=O) groups is 1. The van der Waals surface area contributed by atoms with E-state index in [9.17, 15) is 4.79 Å². The number of nitrogens with zero attached hydrogens (tertiary/aromatic N) is 1. The second-order valence-corrected chi connectivity index (χ2v) is 3.40. The third kappa shape index (κ3) is 2.88. The first-order valence-electron chi connectivity index (χ1n) is 5.29. The third-order valence-electron chi connectivity index (χ3n) is 2.53. The summed E-state index contributed by atoms with van der Waals surface area (Å²) in [5.41, 5.74) is 6.57. The summed E-state index contributed by atoms with van der Waals surface area (Å²) in [6.07, 6.45) is -0.526. The van der Waals surface area contributed by atoms with Gasteiger partial charge in [0, 0.05) is 5.56 Å². The number of rotatable bonds is 5. The molecule has 2 N–H and O–H groups in total. The molecular formula is C12H18N2O. The first-order valence-corrected chi connectivity index (χ1v) is 5.29. The van der Waals surface area contributed by atoms with E-state index >= 15 is 0 Å². The molecule has 0 aliphatic rings. The lowest BCUT2D eigenvalue weighted by molar-refractivity contribution is 0.0838. The van der Waals surface area contributed by atoms with E-state index in [0.29, 0.717) is 5.56 Å². The van der Waals surface area contributed by atoms with Crippen molar-refractivity contribution in [3.8, 4) is 0 Å². The molecule has 1 aromatic carbocycles. The highest BCUT2D eigenvalue weighted by Gasteiger charge is 2.20. The average Bonchev–Trinajstić information content (AvgIpc) is 2.30. The summed E-state index contributed by atoms with van der Waals surface area (Å²) in [5, 5.41) is 0. The maximum atomic E-state index is 11.9. The van der Waals surface area contributed by atoms with Crippen molar-refractivity contribution < 1.29 is 4.79 Å². The zero-order valence-corrected chi connectivity index (χ0v) is 9.31. The summed E-state index contributed by atoms with van der Waals surface area (Å²) in [4.78, 5) is 13.9. The van der Waals surface area contributed by atoms with Crippen molar-refractivity contribution in [2.24, 2.45) is 5.73 Å². The SMILES string of the molecule is CCN(CC)C(N)C(=O)c1ccccc1. The van der Waals surface area contributed by atoms with Crippen LogP contribution in [0.5, 0.6) is 0 Å². The number of hydrogen-bond donors (Lipinski definition) is 1. The predicted octanol–water partition coefficient (Wildman–Crippen LogP) is 1.50. The molecule has 0 saturated carbocycles. The Bertz CT molecular complexity index is 307. The van der Waals surface area contributed by atoms with Crippen LogP contribution in [0.3, 0.4) is 0 Å². The topological polar surface area (TPSA) is 46.3 Å². The van der Waals surface area contributed by atoms with Crippen molar-refractivity contribution in [3.05, 3.63) is 35.9 Å². The lowest BCUT2D eigenvalue weighted by Gasteiger charge is -2.24. The van der Waals surface area contributed by atoms with Gasteiger partial charge in [0.1, 0.15) is 6.17 Å². The molecule has 82 valence electrons. The highest BCUT2D eigenvalue weighted by Crippen LogP contribution is 2.05. The molecule has 0 saturated heterocycles. The van der Waals surface area contributed by atoms with Gasteiger partial charge in [-0.2, -0.15) is 0 Å². The normalized spacial score (nSPS) is 12.8. The standard InChI is InChI=1S/C12H18N2O/c1-3-14(4-2)12(13)11(15)10-8-6-5-7-9-10/h5-9,12H,3-4,13H2,1-2H3. The first-order chi connectivity index (χ1) is 7.20. The lowest BCUT2D eigenvalue weighted by atomic mass is 10.1. The van der Waals surface area contributed by atoms with Gasteiger partial charge in [0.05, 0.1) is 0 Å². The van der Waals surface area contributed by atoms with E-state index in [1.54, 1.807) is 12.1 Å². The quantitative estimate of drug-likeness (QED) is 0.586. The Kier molecular flexibility index (Phi) is 4.46. The molecule has 1 aromatic rings. The molecule has 0 aliphatic heterocycles. The number of Topliss-reactive ketones (excluding diaryl/α,β-unsaturated/α-hetero) is 1. The second kappa shape index (κ2) is 5.63. The molecule has 0 radical (unpaired) electrons. The number of benzene rings is 1. The number of likely N-dealkylation sites (N-methyl/N-ethyl adjacent to an activating group) is 1. The fourth-order valence-electron chi connectivity index (χ4n) is 1.56. The van der Waals surface area contributed by atoms with Crippen LogP contribution in [0.4, 0.5) is 0 Å². The van der Waals surface area contributed by atoms with E-state index in [1.165, 1.54) is 0 Å². The maximum absolute atomic E-state index is 11.9. The molecule has 3 heteroatoms. The van der Waals surface area contributed by atoms with E-state index in [2.05, 4.69) is 0 Å². The van der Waals surface area contributed by atoms with Gasteiger partial charge in [-0.3, -0.25) is 9.69 Å². The second-order valence-electron chi connectivity index (χ2n) is 3.40. The number of nitrogens with two attached hydrogens (primary N) is 1. The van der Waals surface area contributed by atoms with Gasteiger partial charge in [-0.1, -0.05) is 44.2 Å². The van der Waals surface area contributed by atoms with Gasteiger partial charge in [-0.25, -0.2) is 0 Å². The zero-order chi connectivity index (χ0) is 11.3. The van der Waals surface area contributed by atoms with Gasteiger partial charge >= 0.3 is 0 Å². The van der Waals surface area contributed by atoms with Crippen LogP contribution in [0.2, 0.25) is 0 Å². The Morgan fingerprint density at radius 2 is 1.80 bits per heavy atom. The molecule has 0 amide bonds. The number of carbonyl (C=O) groups excluding carboxylic acids is 1. The molecule has 15 heavy (non-hydrogen) atoms. The van der Waals surface area contributed by atoms with E-state index in [1.807, 2.05) is 36.9 Å². The van der Waals surface area contributed by atoms with E-state index in [4.69, 9.17) is 5.73 Å². The Morgan fingerprint density at radius 3 is 2.27 bits per heavy atom. The van der Waals surface area contributed by atoms with Crippen LogP contribution in [-0.4, -0.2) is 29.9 Å². The van der Waals surface area contributed by atoms with Crippen molar-refractivity contribution in [2.45, 2.75) is 20.0 Å². The summed E-state index contributed by atoms with van der Waals surface area (Å²) >= 11 is 0. The number of hydrogen-bond acceptors (Lipinski definition) is 3. The van der Waals surface area contributed by atoms with Gasteiger partial charge < -0.3 is 5.73 Å². The molecule has 0 bridgehead atoms. The third-order valence-corrected chi connectivity index (χ3v) is 2.53. The van der Waals surface area contributed by atoms with Crippen LogP contribution < -0.4 is 5.73 Å². The molecule has 3 nitrogen and oxygen atoms in total. The van der Waals surface area contributed by atoms with Gasteiger partial charge in [-0.05, 0) is 13.1 Å². The van der Waals surface area contributed by atoms with Gasteiger partial charge in [0.25, 0.3) is 0 Å². The minimum absolute atomic E-state index is 0.0145. The molecule has 0 spiro atoms. The smallest absolute Gasteiger partial charge is 0.194 e. The van der Waals surface area contributed by atoms with Crippen LogP contribution in [0.1, 0.15) is 24.2 Å². The molecule has 1 atom stereocenters. The maximum Gasteiger partial charge on any atom is 0.194 e. The summed E-state index contributed by atoms with van der Waals surface area (Å²) in [7, 11) is 0. The van der Waals surface area contributed by atoms with Crippen LogP contribution in [0, 0.1) is 0 Å². The highest BCUT2D eigenvalue weighted by molar-refractivity contribution is 5.99. The van der Waals surface area contributed by atoms with Crippen molar-refractivity contribution in [2.75, 3.05) is 13.1 Å². The molecule has 0 heterocycles. The Labute approximate surface area is 90.9 Å². The van der Waals surface area contributed by atoms with Crippen LogP contribution >= 0.6 is 0 Å². The molecule has 1 rings (SSSR count). The molecule has 0 aliphatic carbocycles. The van der Waals surface area contributed by atoms with Crippen LogP contribution in [0.25, 0.3) is 0 Å². The fourth-order valence-corrected chi connectivity index (χ4v) is 1.56. The van der Waals surface area contributed by atoms with Crippen molar-refractivity contribution in [3.63, 3.8) is 0 Å². The zero-order valence-electron chi connectivity index (χ0n) is 9.31. The number of ketones is 1. The Balaban J connectivity index is 2.77. The lowest BCUT2D eigenvalue weighted by Crippen LogP contribution is -2.47. The predicted molar refractivity (Wildman–Crippen MR) is 61.7 cm³/mol. The van der Waals surface area contributed by atoms with Crippen molar-refractivity contribution in [1.29, 1.82) is 0 Å². The summed E-state index contributed by atoms with van der Waals surface area (Å²) < 4.78 is 0. The van der Waals surface area contributed by atoms with E-state index < -0.39 is 6.17 Å². The molecule has 0 aromatic heterocycles.